The molecule has 3 aromatic carbocycles. The van der Waals surface area contributed by atoms with Gasteiger partial charge in [-0.05, 0) is 85.0 Å². The van der Waals surface area contributed by atoms with E-state index in [1.807, 2.05) is 18.2 Å². The minimum atomic E-state index is -3.66. The molecule has 0 aromatic heterocycles. The lowest BCUT2D eigenvalue weighted by Crippen LogP contribution is -2.20. The van der Waals surface area contributed by atoms with Crippen LogP contribution >= 0.6 is 12.4 Å². The molecule has 4 nitrogen and oxygen atoms in total. The van der Waals surface area contributed by atoms with E-state index in [1.54, 1.807) is 36.4 Å². The number of anilines is 1. The molecular formula is C24H26ClFN2O2S. The number of nitrogens with one attached hydrogen (secondary N) is 1. The summed E-state index contributed by atoms with van der Waals surface area (Å²) in [6, 6.07) is 19.0. The number of nitrogens with zero attached hydrogens (tertiary/aromatic N) is 1. The van der Waals surface area contributed by atoms with Crippen LogP contribution in [0.4, 0.5) is 10.1 Å². The molecule has 7 heteroatoms. The van der Waals surface area contributed by atoms with Crippen LogP contribution in [0.15, 0.2) is 71.6 Å². The van der Waals surface area contributed by atoms with E-state index in [-0.39, 0.29) is 23.1 Å². The van der Waals surface area contributed by atoms with Crippen molar-refractivity contribution in [3.05, 3.63) is 94.8 Å². The average molecular weight is 461 g/mol. The van der Waals surface area contributed by atoms with Gasteiger partial charge in [0.05, 0.1) is 4.90 Å². The van der Waals surface area contributed by atoms with E-state index >= 15 is 0 Å². The topological polar surface area (TPSA) is 49.4 Å². The highest BCUT2D eigenvalue weighted by atomic mass is 35.5. The molecule has 31 heavy (non-hydrogen) atoms. The van der Waals surface area contributed by atoms with Gasteiger partial charge in [0.2, 0.25) is 0 Å². The van der Waals surface area contributed by atoms with Crippen LogP contribution in [-0.2, 0) is 29.3 Å². The van der Waals surface area contributed by atoms with Crippen LogP contribution in [-0.4, -0.2) is 33.5 Å². The van der Waals surface area contributed by atoms with Crippen molar-refractivity contribution in [1.29, 1.82) is 0 Å². The van der Waals surface area contributed by atoms with Gasteiger partial charge in [-0.3, -0.25) is 4.72 Å². The molecule has 1 aliphatic heterocycles. The Morgan fingerprint density at radius 3 is 2.10 bits per heavy atom. The van der Waals surface area contributed by atoms with Crippen LogP contribution in [0.3, 0.4) is 0 Å². The molecule has 0 aliphatic carbocycles. The molecular weight excluding hydrogens is 435 g/mol. The monoisotopic (exact) mass is 460 g/mol. The van der Waals surface area contributed by atoms with Crippen LogP contribution in [0, 0.1) is 5.82 Å². The smallest absolute Gasteiger partial charge is 0.261 e. The highest BCUT2D eigenvalue weighted by molar-refractivity contribution is 7.92. The summed E-state index contributed by atoms with van der Waals surface area (Å²) < 4.78 is 41.4. The highest BCUT2D eigenvalue weighted by Gasteiger charge is 2.16. The standard InChI is InChI=1S/C24H25FN2O2S.ClH/c1-27-14-12-20-6-9-23(17-21(20)13-15-27)26-30(28,29)24-10-4-19(5-11-24)16-18-2-7-22(25)8-3-18;/h2-11,17,26H,12-16H2,1H3;1H. The van der Waals surface area contributed by atoms with Crippen LogP contribution in [0.2, 0.25) is 0 Å². The summed E-state index contributed by atoms with van der Waals surface area (Å²) in [7, 11) is -1.56. The molecule has 0 radical (unpaired) electrons. The van der Waals surface area contributed by atoms with Crippen molar-refractivity contribution in [3.63, 3.8) is 0 Å². The molecule has 0 unspecified atom stereocenters. The fourth-order valence-electron chi connectivity index (χ4n) is 3.74. The van der Waals surface area contributed by atoms with Crippen LogP contribution in [0.25, 0.3) is 0 Å². The van der Waals surface area contributed by atoms with E-state index in [9.17, 15) is 12.8 Å². The number of rotatable bonds is 5. The number of halogens is 2. The van der Waals surface area contributed by atoms with E-state index in [1.165, 1.54) is 23.3 Å². The summed E-state index contributed by atoms with van der Waals surface area (Å²) in [5, 5.41) is 0. The van der Waals surface area contributed by atoms with Crippen LogP contribution < -0.4 is 4.72 Å². The van der Waals surface area contributed by atoms with Crippen molar-refractivity contribution in [2.24, 2.45) is 0 Å². The van der Waals surface area contributed by atoms with Gasteiger partial charge in [-0.1, -0.05) is 30.3 Å². The number of likely N-dealkylation sites (N-methyl/N-ethyl adjacent to an activating group) is 1. The molecule has 0 amide bonds. The molecule has 164 valence electrons. The van der Waals surface area contributed by atoms with Gasteiger partial charge in [0, 0.05) is 18.8 Å². The first-order valence-electron chi connectivity index (χ1n) is 10.1. The van der Waals surface area contributed by atoms with Gasteiger partial charge < -0.3 is 4.90 Å². The first kappa shape index (κ1) is 23.3. The van der Waals surface area contributed by atoms with Crippen molar-refractivity contribution in [3.8, 4) is 0 Å². The van der Waals surface area contributed by atoms with Crippen molar-refractivity contribution < 1.29 is 12.8 Å². The molecule has 0 atom stereocenters. The first-order valence-corrected chi connectivity index (χ1v) is 11.5. The van der Waals surface area contributed by atoms with Gasteiger partial charge in [-0.25, -0.2) is 12.8 Å². The zero-order valence-electron chi connectivity index (χ0n) is 17.3. The van der Waals surface area contributed by atoms with Gasteiger partial charge >= 0.3 is 0 Å². The summed E-state index contributed by atoms with van der Waals surface area (Å²) in [6.07, 6.45) is 2.52. The summed E-state index contributed by atoms with van der Waals surface area (Å²) in [6.45, 7) is 1.99. The fraction of sp³-hybridized carbons (Fsp3) is 0.250. The van der Waals surface area contributed by atoms with Gasteiger partial charge in [-0.15, -0.1) is 12.4 Å². The molecule has 1 heterocycles. The van der Waals surface area contributed by atoms with E-state index < -0.39 is 10.0 Å². The Morgan fingerprint density at radius 1 is 0.871 bits per heavy atom. The third-order valence-corrected chi connectivity index (χ3v) is 6.94. The number of hydrogen-bond donors (Lipinski definition) is 1. The summed E-state index contributed by atoms with van der Waals surface area (Å²) in [5.74, 6) is -0.268. The second-order valence-electron chi connectivity index (χ2n) is 7.84. The minimum Gasteiger partial charge on any atom is -0.306 e. The molecule has 0 saturated heterocycles. The van der Waals surface area contributed by atoms with Crippen molar-refractivity contribution in [2.75, 3.05) is 24.9 Å². The third kappa shape index (κ3) is 5.85. The van der Waals surface area contributed by atoms with Crippen molar-refractivity contribution in [2.45, 2.75) is 24.2 Å². The maximum absolute atomic E-state index is 13.0. The molecule has 1 aliphatic rings. The zero-order chi connectivity index (χ0) is 21.1. The van der Waals surface area contributed by atoms with Crippen molar-refractivity contribution >= 4 is 28.1 Å². The van der Waals surface area contributed by atoms with E-state index in [4.69, 9.17) is 0 Å². The predicted molar refractivity (Wildman–Crippen MR) is 125 cm³/mol. The Bertz CT molecular complexity index is 1130. The zero-order valence-corrected chi connectivity index (χ0v) is 19.0. The lowest BCUT2D eigenvalue weighted by molar-refractivity contribution is 0.352. The Hall–Kier alpha value is -2.41. The molecule has 0 bridgehead atoms. The fourth-order valence-corrected chi connectivity index (χ4v) is 4.79. The third-order valence-electron chi connectivity index (χ3n) is 5.54. The Morgan fingerprint density at radius 2 is 1.45 bits per heavy atom. The Kier molecular flexibility index (Phi) is 7.36. The molecule has 3 aromatic rings. The summed E-state index contributed by atoms with van der Waals surface area (Å²) in [5.41, 5.74) is 5.02. The lowest BCUT2D eigenvalue weighted by Gasteiger charge is -2.12. The normalized spacial score (nSPS) is 14.3. The van der Waals surface area contributed by atoms with Crippen LogP contribution in [0.5, 0.6) is 0 Å². The van der Waals surface area contributed by atoms with Gasteiger partial charge in [0.1, 0.15) is 5.82 Å². The van der Waals surface area contributed by atoms with Crippen molar-refractivity contribution in [1.82, 2.24) is 4.90 Å². The van der Waals surface area contributed by atoms with E-state index in [2.05, 4.69) is 16.7 Å². The number of sulfonamides is 1. The molecule has 0 spiro atoms. The van der Waals surface area contributed by atoms with Gasteiger partial charge in [0.25, 0.3) is 10.0 Å². The lowest BCUT2D eigenvalue weighted by atomic mass is 10.0. The highest BCUT2D eigenvalue weighted by Crippen LogP contribution is 2.23. The Labute approximate surface area is 189 Å². The largest absolute Gasteiger partial charge is 0.306 e. The van der Waals surface area contributed by atoms with E-state index in [0.717, 1.165) is 37.1 Å². The number of fused-ring (bicyclic) bond motifs is 1. The first-order chi connectivity index (χ1) is 14.4. The maximum atomic E-state index is 13.0. The molecule has 0 saturated carbocycles. The second kappa shape index (κ2) is 9.81. The predicted octanol–water partition coefficient (Wildman–Crippen LogP) is 4.67. The molecule has 4 rings (SSSR count). The Balaban J connectivity index is 0.00000272. The minimum absolute atomic E-state index is 0. The quantitative estimate of drug-likeness (QED) is 0.602. The molecule has 0 fully saturated rings. The second-order valence-corrected chi connectivity index (χ2v) is 9.52. The number of hydrogen-bond acceptors (Lipinski definition) is 3. The van der Waals surface area contributed by atoms with Gasteiger partial charge in [-0.2, -0.15) is 0 Å². The SMILES string of the molecule is CN1CCc2ccc(NS(=O)(=O)c3ccc(Cc4ccc(F)cc4)cc3)cc2CC1.Cl. The van der Waals surface area contributed by atoms with Crippen LogP contribution in [0.1, 0.15) is 22.3 Å². The van der Waals surface area contributed by atoms with Gasteiger partial charge in [0.15, 0.2) is 0 Å². The summed E-state index contributed by atoms with van der Waals surface area (Å²) in [4.78, 5) is 2.51. The maximum Gasteiger partial charge on any atom is 0.261 e. The van der Waals surface area contributed by atoms with E-state index in [0.29, 0.717) is 12.1 Å². The number of benzene rings is 3. The average Bonchev–Trinajstić information content (AvgIpc) is 2.91. The molecule has 1 N–H and O–H groups in total. The summed E-state index contributed by atoms with van der Waals surface area (Å²) >= 11 is 0.